The second-order valence-electron chi connectivity index (χ2n) is 11.3. The van der Waals surface area contributed by atoms with Crippen LogP contribution in [0, 0.1) is 12.7 Å². The van der Waals surface area contributed by atoms with Crippen LogP contribution in [0.25, 0.3) is 0 Å². The average molecular weight is 630 g/mol. The molecule has 0 aliphatic rings. The van der Waals surface area contributed by atoms with Gasteiger partial charge in [0, 0.05) is 24.6 Å². The van der Waals surface area contributed by atoms with E-state index in [4.69, 9.17) is 0 Å². The Morgan fingerprint density at radius 3 is 2.04 bits per heavy atom. The molecule has 0 fully saturated rings. The van der Waals surface area contributed by atoms with Gasteiger partial charge in [-0.05, 0) is 62.6 Å². The number of halogens is 1. The molecule has 4 aromatic carbocycles. The summed E-state index contributed by atoms with van der Waals surface area (Å²) in [4.78, 5) is 29.6. The number of amides is 2. The molecule has 0 heterocycles. The summed E-state index contributed by atoms with van der Waals surface area (Å²) < 4.78 is 44.6. The van der Waals surface area contributed by atoms with Crippen molar-refractivity contribution in [3.8, 4) is 0 Å². The third kappa shape index (κ3) is 8.36. The SMILES string of the molecule is CCc1ccccc1N(CC(=O)N(Cc1ccccc1F)[C@@H](Cc1ccccc1)C(=O)NC(C)C)S(=O)(=O)c1ccc(C)cc1. The molecule has 4 rings (SSSR count). The quantitative estimate of drug-likeness (QED) is 0.195. The lowest BCUT2D eigenvalue weighted by Gasteiger charge is -2.34. The van der Waals surface area contributed by atoms with E-state index < -0.39 is 40.2 Å². The number of carbonyl (C=O) groups excluding carboxylic acids is 2. The molecule has 9 heteroatoms. The first-order chi connectivity index (χ1) is 21.5. The standard InChI is InChI=1S/C36H40FN3O4S/c1-5-29-15-10-12-18-33(29)40(45(43,44)31-21-19-27(4)20-22-31)25-35(41)39(24-30-16-9-11-17-32(30)37)34(36(42)38-26(2)3)23-28-13-7-6-8-14-28/h6-22,26,34H,5,23-25H2,1-4H3,(H,38,42)/t34-/m0/s1. The van der Waals surface area contributed by atoms with Gasteiger partial charge in [0.25, 0.3) is 10.0 Å². The third-order valence-electron chi connectivity index (χ3n) is 7.53. The molecule has 7 nitrogen and oxygen atoms in total. The van der Waals surface area contributed by atoms with Crippen molar-refractivity contribution in [2.75, 3.05) is 10.8 Å². The molecule has 0 saturated carbocycles. The van der Waals surface area contributed by atoms with E-state index in [1.54, 1.807) is 42.5 Å². The Bertz CT molecular complexity index is 1710. The van der Waals surface area contributed by atoms with Crippen molar-refractivity contribution in [1.29, 1.82) is 0 Å². The zero-order valence-corrected chi connectivity index (χ0v) is 26.9. The fourth-order valence-electron chi connectivity index (χ4n) is 5.15. The first-order valence-electron chi connectivity index (χ1n) is 15.1. The Morgan fingerprint density at radius 2 is 1.42 bits per heavy atom. The van der Waals surface area contributed by atoms with Crippen molar-refractivity contribution in [2.45, 2.75) is 64.1 Å². The third-order valence-corrected chi connectivity index (χ3v) is 9.30. The smallest absolute Gasteiger partial charge is 0.264 e. The van der Waals surface area contributed by atoms with E-state index in [-0.39, 0.29) is 29.5 Å². The summed E-state index contributed by atoms with van der Waals surface area (Å²) in [6, 6.07) is 27.5. The van der Waals surface area contributed by atoms with Crippen molar-refractivity contribution in [3.05, 3.63) is 131 Å². The van der Waals surface area contributed by atoms with Gasteiger partial charge in [-0.1, -0.05) is 91.3 Å². The number of benzene rings is 4. The summed E-state index contributed by atoms with van der Waals surface area (Å²) in [7, 11) is -4.23. The maximum Gasteiger partial charge on any atom is 0.264 e. The number of anilines is 1. The van der Waals surface area contributed by atoms with Crippen LogP contribution in [0.3, 0.4) is 0 Å². The van der Waals surface area contributed by atoms with Crippen LogP contribution >= 0.6 is 0 Å². The largest absolute Gasteiger partial charge is 0.352 e. The van der Waals surface area contributed by atoms with Crippen molar-refractivity contribution in [2.24, 2.45) is 0 Å². The van der Waals surface area contributed by atoms with Gasteiger partial charge in [-0.2, -0.15) is 0 Å². The van der Waals surface area contributed by atoms with Gasteiger partial charge in [0.15, 0.2) is 0 Å². The molecule has 0 unspecified atom stereocenters. The maximum absolute atomic E-state index is 15.0. The number of nitrogens with zero attached hydrogens (tertiary/aromatic N) is 2. The lowest BCUT2D eigenvalue weighted by Crippen LogP contribution is -2.54. The molecular formula is C36H40FN3O4S. The molecule has 4 aromatic rings. The van der Waals surface area contributed by atoms with E-state index in [2.05, 4.69) is 5.32 Å². The minimum atomic E-state index is -4.23. The van der Waals surface area contributed by atoms with E-state index in [9.17, 15) is 18.0 Å². The van der Waals surface area contributed by atoms with E-state index >= 15 is 4.39 Å². The molecule has 0 bridgehead atoms. The van der Waals surface area contributed by atoms with Crippen molar-refractivity contribution in [3.63, 3.8) is 0 Å². The Kier molecular flexibility index (Phi) is 11.1. The van der Waals surface area contributed by atoms with Gasteiger partial charge >= 0.3 is 0 Å². The van der Waals surface area contributed by atoms with Gasteiger partial charge in [0.1, 0.15) is 18.4 Å². The summed E-state index contributed by atoms with van der Waals surface area (Å²) >= 11 is 0. The lowest BCUT2D eigenvalue weighted by molar-refractivity contribution is -0.140. The molecule has 0 radical (unpaired) electrons. The zero-order valence-electron chi connectivity index (χ0n) is 26.1. The number of para-hydroxylation sites is 1. The number of hydrogen-bond donors (Lipinski definition) is 1. The first kappa shape index (κ1) is 33.4. The fraction of sp³-hybridized carbons (Fsp3) is 0.278. The van der Waals surface area contributed by atoms with Crippen LogP contribution in [0.2, 0.25) is 0 Å². The van der Waals surface area contributed by atoms with E-state index in [0.29, 0.717) is 12.1 Å². The summed E-state index contributed by atoms with van der Waals surface area (Å²) in [6.07, 6.45) is 0.673. The van der Waals surface area contributed by atoms with Crippen LogP contribution in [0.5, 0.6) is 0 Å². The molecule has 2 amide bonds. The molecule has 0 spiro atoms. The number of aryl methyl sites for hydroxylation is 2. The Labute approximate surface area is 265 Å². The monoisotopic (exact) mass is 629 g/mol. The highest BCUT2D eigenvalue weighted by Crippen LogP contribution is 2.29. The molecule has 45 heavy (non-hydrogen) atoms. The molecule has 1 atom stereocenters. The number of hydrogen-bond acceptors (Lipinski definition) is 4. The topological polar surface area (TPSA) is 86.8 Å². The van der Waals surface area contributed by atoms with Crippen LogP contribution in [0.15, 0.2) is 108 Å². The molecule has 0 aromatic heterocycles. The second-order valence-corrected chi connectivity index (χ2v) is 13.2. The van der Waals surface area contributed by atoms with Crippen molar-refractivity contribution in [1.82, 2.24) is 10.2 Å². The molecule has 1 N–H and O–H groups in total. The highest BCUT2D eigenvalue weighted by molar-refractivity contribution is 7.92. The molecule has 0 saturated heterocycles. The Hall–Kier alpha value is -4.50. The zero-order chi connectivity index (χ0) is 32.6. The van der Waals surface area contributed by atoms with E-state index in [1.165, 1.54) is 23.1 Å². The summed E-state index contributed by atoms with van der Waals surface area (Å²) in [5.74, 6) is -1.58. The van der Waals surface area contributed by atoms with Crippen LogP contribution < -0.4 is 9.62 Å². The number of sulfonamides is 1. The lowest BCUT2D eigenvalue weighted by atomic mass is 10.0. The summed E-state index contributed by atoms with van der Waals surface area (Å²) in [5.41, 5.74) is 3.00. The van der Waals surface area contributed by atoms with Gasteiger partial charge < -0.3 is 10.2 Å². The fourth-order valence-corrected chi connectivity index (χ4v) is 6.60. The summed E-state index contributed by atoms with van der Waals surface area (Å²) in [6.45, 7) is 6.58. The Balaban J connectivity index is 1.84. The molecule has 0 aliphatic heterocycles. The van der Waals surface area contributed by atoms with Crippen molar-refractivity contribution >= 4 is 27.5 Å². The highest BCUT2D eigenvalue weighted by atomic mass is 32.2. The van der Waals surface area contributed by atoms with E-state index in [1.807, 2.05) is 70.2 Å². The number of rotatable bonds is 13. The summed E-state index contributed by atoms with van der Waals surface area (Å²) in [5, 5.41) is 2.91. The average Bonchev–Trinajstić information content (AvgIpc) is 3.02. The Morgan fingerprint density at radius 1 is 0.822 bits per heavy atom. The van der Waals surface area contributed by atoms with Crippen LogP contribution in [-0.2, 0) is 39.0 Å². The maximum atomic E-state index is 15.0. The highest BCUT2D eigenvalue weighted by Gasteiger charge is 2.35. The molecule has 0 aliphatic carbocycles. The van der Waals surface area contributed by atoms with Gasteiger partial charge in [0.2, 0.25) is 11.8 Å². The van der Waals surface area contributed by atoms with Gasteiger partial charge in [-0.3, -0.25) is 13.9 Å². The van der Waals surface area contributed by atoms with E-state index in [0.717, 1.165) is 21.0 Å². The minimum Gasteiger partial charge on any atom is -0.352 e. The van der Waals surface area contributed by atoms with Gasteiger partial charge in [-0.15, -0.1) is 0 Å². The normalized spacial score (nSPS) is 12.0. The van der Waals surface area contributed by atoms with Gasteiger partial charge in [-0.25, -0.2) is 12.8 Å². The number of carbonyl (C=O) groups is 2. The van der Waals surface area contributed by atoms with Crippen LogP contribution in [0.4, 0.5) is 10.1 Å². The number of nitrogens with one attached hydrogen (secondary N) is 1. The molecular weight excluding hydrogens is 589 g/mol. The van der Waals surface area contributed by atoms with Crippen LogP contribution in [-0.4, -0.2) is 43.8 Å². The predicted molar refractivity (Wildman–Crippen MR) is 176 cm³/mol. The van der Waals surface area contributed by atoms with Crippen molar-refractivity contribution < 1.29 is 22.4 Å². The minimum absolute atomic E-state index is 0.0332. The predicted octanol–water partition coefficient (Wildman–Crippen LogP) is 6.06. The van der Waals surface area contributed by atoms with Gasteiger partial charge in [0.05, 0.1) is 10.6 Å². The first-order valence-corrected chi connectivity index (χ1v) is 16.5. The molecule has 236 valence electrons. The second kappa shape index (κ2) is 15.0. The van der Waals surface area contributed by atoms with Crippen LogP contribution in [0.1, 0.15) is 43.0 Å².